The molecule has 0 amide bonds. The van der Waals surface area contributed by atoms with Gasteiger partial charge in [0.05, 0.1) is 15.0 Å². The van der Waals surface area contributed by atoms with Crippen molar-refractivity contribution in [1.82, 2.24) is 0 Å². The quantitative estimate of drug-likeness (QED) is 0.745. The summed E-state index contributed by atoms with van der Waals surface area (Å²) in [5.41, 5.74) is 2.15. The molecule has 2 radical (unpaired) electrons. The molecule has 2 rings (SSSR count). The maximum absolute atomic E-state index is 5.75. The Bertz CT molecular complexity index is 497. The Kier molecular flexibility index (Phi) is 4.29. The van der Waals surface area contributed by atoms with Crippen molar-refractivity contribution < 1.29 is 9.47 Å². The Morgan fingerprint density at radius 1 is 0.944 bits per heavy atom. The Balaban J connectivity index is 2.09. The molecule has 18 heavy (non-hydrogen) atoms. The standard InChI is InChI=1S/C15H15BO2/c1-17-15-9-13(10-16)7-8-14(15)18-11-12-5-3-2-4-6-12/h2-9H,10-11H2,1H3. The van der Waals surface area contributed by atoms with E-state index in [1.165, 1.54) is 0 Å². The molecule has 0 N–H and O–H groups in total. The molecule has 2 aromatic rings. The van der Waals surface area contributed by atoms with Crippen LogP contribution in [0.4, 0.5) is 0 Å². The number of hydrogen-bond donors (Lipinski definition) is 0. The van der Waals surface area contributed by atoms with Gasteiger partial charge in [0.1, 0.15) is 6.61 Å². The maximum Gasteiger partial charge on any atom is 0.161 e. The van der Waals surface area contributed by atoms with Gasteiger partial charge in [-0.2, -0.15) is 0 Å². The third kappa shape index (κ3) is 3.07. The van der Waals surface area contributed by atoms with Crippen LogP contribution in [0.5, 0.6) is 11.5 Å². The number of rotatable bonds is 5. The fourth-order valence-corrected chi connectivity index (χ4v) is 1.69. The van der Waals surface area contributed by atoms with Crippen LogP contribution in [0.1, 0.15) is 11.1 Å². The van der Waals surface area contributed by atoms with E-state index >= 15 is 0 Å². The van der Waals surface area contributed by atoms with Gasteiger partial charge in [0.15, 0.2) is 11.5 Å². The van der Waals surface area contributed by atoms with Crippen LogP contribution < -0.4 is 9.47 Å². The third-order valence-electron chi connectivity index (χ3n) is 2.70. The minimum atomic E-state index is 0.495. The molecule has 0 heterocycles. The van der Waals surface area contributed by atoms with E-state index in [1.807, 2.05) is 48.5 Å². The predicted molar refractivity (Wildman–Crippen MR) is 73.2 cm³/mol. The molecule has 0 spiro atoms. The molecule has 0 unspecified atom stereocenters. The summed E-state index contributed by atoms with van der Waals surface area (Å²) in [6.45, 7) is 0.527. The lowest BCUT2D eigenvalue weighted by Crippen LogP contribution is -1.98. The molecule has 0 bridgehead atoms. The van der Waals surface area contributed by atoms with Crippen LogP contribution >= 0.6 is 0 Å². The molecule has 0 aliphatic heterocycles. The van der Waals surface area contributed by atoms with Crippen molar-refractivity contribution in [2.45, 2.75) is 12.9 Å². The average Bonchev–Trinajstić information content (AvgIpc) is 2.46. The number of benzene rings is 2. The van der Waals surface area contributed by atoms with Crippen LogP contribution in [-0.4, -0.2) is 15.0 Å². The van der Waals surface area contributed by atoms with E-state index in [2.05, 4.69) is 0 Å². The Morgan fingerprint density at radius 2 is 1.72 bits per heavy atom. The first kappa shape index (κ1) is 12.6. The van der Waals surface area contributed by atoms with E-state index in [0.29, 0.717) is 18.7 Å². The number of methoxy groups -OCH3 is 1. The van der Waals surface area contributed by atoms with Gasteiger partial charge in [-0.05, 0) is 17.7 Å². The first-order chi connectivity index (χ1) is 8.83. The second-order valence-corrected chi connectivity index (χ2v) is 3.96. The summed E-state index contributed by atoms with van der Waals surface area (Å²) in [5, 5.41) is 0. The van der Waals surface area contributed by atoms with Gasteiger partial charge in [-0.25, -0.2) is 0 Å². The van der Waals surface area contributed by atoms with Gasteiger partial charge >= 0.3 is 0 Å². The lowest BCUT2D eigenvalue weighted by molar-refractivity contribution is 0.284. The molecule has 3 heteroatoms. The second-order valence-electron chi connectivity index (χ2n) is 3.96. The fourth-order valence-electron chi connectivity index (χ4n) is 1.69. The number of hydrogen-bond acceptors (Lipinski definition) is 2. The van der Waals surface area contributed by atoms with E-state index in [9.17, 15) is 0 Å². The highest BCUT2D eigenvalue weighted by molar-refractivity contribution is 6.08. The highest BCUT2D eigenvalue weighted by atomic mass is 16.5. The van der Waals surface area contributed by atoms with Crippen molar-refractivity contribution in [2.24, 2.45) is 0 Å². The molecule has 2 aromatic carbocycles. The zero-order chi connectivity index (χ0) is 12.8. The van der Waals surface area contributed by atoms with Gasteiger partial charge in [-0.15, -0.1) is 0 Å². The molecule has 0 atom stereocenters. The summed E-state index contributed by atoms with van der Waals surface area (Å²) in [5.74, 6) is 1.45. The first-order valence-corrected chi connectivity index (χ1v) is 5.87. The molecule has 0 fully saturated rings. The highest BCUT2D eigenvalue weighted by Gasteiger charge is 2.05. The molecule has 0 aliphatic rings. The van der Waals surface area contributed by atoms with Crippen molar-refractivity contribution in [3.05, 3.63) is 59.7 Å². The van der Waals surface area contributed by atoms with Crippen molar-refractivity contribution in [1.29, 1.82) is 0 Å². The van der Waals surface area contributed by atoms with E-state index in [1.54, 1.807) is 7.11 Å². The van der Waals surface area contributed by atoms with Crippen molar-refractivity contribution in [2.75, 3.05) is 7.11 Å². The van der Waals surface area contributed by atoms with E-state index in [-0.39, 0.29) is 0 Å². The lowest BCUT2D eigenvalue weighted by Gasteiger charge is -2.11. The molecular formula is C15H15BO2. The molecule has 0 aliphatic carbocycles. The summed E-state index contributed by atoms with van der Waals surface area (Å²) in [4.78, 5) is 0. The van der Waals surface area contributed by atoms with Gasteiger partial charge < -0.3 is 9.47 Å². The topological polar surface area (TPSA) is 18.5 Å². The van der Waals surface area contributed by atoms with Crippen LogP contribution in [-0.2, 0) is 12.9 Å². The molecule has 0 saturated heterocycles. The SMILES string of the molecule is [B]Cc1ccc(OCc2ccccc2)c(OC)c1. The smallest absolute Gasteiger partial charge is 0.161 e. The predicted octanol–water partition coefficient (Wildman–Crippen LogP) is 2.94. The molecular weight excluding hydrogens is 223 g/mol. The van der Waals surface area contributed by atoms with Gasteiger partial charge in [-0.3, -0.25) is 0 Å². The monoisotopic (exact) mass is 238 g/mol. The minimum absolute atomic E-state index is 0.495. The van der Waals surface area contributed by atoms with Gasteiger partial charge in [-0.1, -0.05) is 48.3 Å². The largest absolute Gasteiger partial charge is 0.493 e. The molecule has 90 valence electrons. The summed E-state index contributed by atoms with van der Waals surface area (Å²) in [7, 11) is 7.22. The minimum Gasteiger partial charge on any atom is -0.493 e. The molecule has 0 saturated carbocycles. The summed E-state index contributed by atoms with van der Waals surface area (Å²) in [6, 6.07) is 15.8. The average molecular weight is 238 g/mol. The number of ether oxygens (including phenoxy) is 2. The zero-order valence-corrected chi connectivity index (χ0v) is 10.4. The van der Waals surface area contributed by atoms with Crippen LogP contribution in [0, 0.1) is 0 Å². The van der Waals surface area contributed by atoms with Gasteiger partial charge in [0.2, 0.25) is 0 Å². The van der Waals surface area contributed by atoms with Crippen molar-refractivity contribution in [3.8, 4) is 11.5 Å². The second kappa shape index (κ2) is 6.15. The van der Waals surface area contributed by atoms with Crippen molar-refractivity contribution >= 4 is 7.85 Å². The van der Waals surface area contributed by atoms with Crippen LogP contribution in [0.15, 0.2) is 48.5 Å². The van der Waals surface area contributed by atoms with Gasteiger partial charge in [0, 0.05) is 0 Å². The molecule has 2 nitrogen and oxygen atoms in total. The first-order valence-electron chi connectivity index (χ1n) is 5.87. The van der Waals surface area contributed by atoms with Crippen LogP contribution in [0.25, 0.3) is 0 Å². The summed E-state index contributed by atoms with van der Waals surface area (Å²) >= 11 is 0. The van der Waals surface area contributed by atoms with Crippen molar-refractivity contribution in [3.63, 3.8) is 0 Å². The van der Waals surface area contributed by atoms with Crippen LogP contribution in [0.3, 0.4) is 0 Å². The van der Waals surface area contributed by atoms with Gasteiger partial charge in [0.25, 0.3) is 0 Å². The Morgan fingerprint density at radius 3 is 2.39 bits per heavy atom. The maximum atomic E-state index is 5.75. The third-order valence-corrected chi connectivity index (χ3v) is 2.70. The summed E-state index contributed by atoms with van der Waals surface area (Å²) in [6.07, 6.45) is 0.495. The normalized spacial score (nSPS) is 10.1. The van der Waals surface area contributed by atoms with E-state index < -0.39 is 0 Å². The lowest BCUT2D eigenvalue weighted by atomic mass is 9.97. The fraction of sp³-hybridized carbons (Fsp3) is 0.200. The van der Waals surface area contributed by atoms with Crippen LogP contribution in [0.2, 0.25) is 0 Å². The zero-order valence-electron chi connectivity index (χ0n) is 10.4. The highest BCUT2D eigenvalue weighted by Crippen LogP contribution is 2.28. The molecule has 0 aromatic heterocycles. The Labute approximate surface area is 109 Å². The van der Waals surface area contributed by atoms with E-state index in [4.69, 9.17) is 17.3 Å². The summed E-state index contributed by atoms with van der Waals surface area (Å²) < 4.78 is 11.0. The van der Waals surface area contributed by atoms with E-state index in [0.717, 1.165) is 16.9 Å². The Hall–Kier alpha value is -1.90.